The molecular formula is C32H42ClNO5. The first-order chi connectivity index (χ1) is 18.5. The summed E-state index contributed by atoms with van der Waals surface area (Å²) in [6, 6.07) is 10.3. The summed E-state index contributed by atoms with van der Waals surface area (Å²) in [6.45, 7) is 10.4. The third kappa shape index (κ3) is 4.05. The Morgan fingerprint density at radius 3 is 2.59 bits per heavy atom. The maximum Gasteiger partial charge on any atom is 0.192 e. The molecule has 4 fully saturated rings. The molecule has 0 amide bonds. The maximum absolute atomic E-state index is 13.6. The minimum atomic E-state index is -1.20. The van der Waals surface area contributed by atoms with Crippen molar-refractivity contribution in [3.05, 3.63) is 60.2 Å². The monoisotopic (exact) mass is 555 g/mol. The normalized spacial score (nSPS) is 42.6. The van der Waals surface area contributed by atoms with Crippen molar-refractivity contribution in [1.29, 1.82) is 0 Å². The molecular weight excluding hydrogens is 514 g/mol. The van der Waals surface area contributed by atoms with Crippen LogP contribution in [0.4, 0.5) is 0 Å². The van der Waals surface area contributed by atoms with Gasteiger partial charge >= 0.3 is 0 Å². The van der Waals surface area contributed by atoms with Gasteiger partial charge in [-0.15, -0.1) is 18.2 Å². The zero-order valence-electron chi connectivity index (χ0n) is 23.4. The van der Waals surface area contributed by atoms with Gasteiger partial charge in [0.15, 0.2) is 17.2 Å². The highest BCUT2D eigenvalue weighted by Crippen LogP contribution is 2.72. The molecule has 1 aromatic carbocycles. The lowest BCUT2D eigenvalue weighted by Gasteiger charge is -2.63. The average Bonchev–Trinajstić information content (AvgIpc) is 3.39. The van der Waals surface area contributed by atoms with Gasteiger partial charge in [0.1, 0.15) is 6.61 Å². The molecule has 0 bridgehead atoms. The van der Waals surface area contributed by atoms with Crippen LogP contribution in [0, 0.1) is 28.6 Å². The third-order valence-corrected chi connectivity index (χ3v) is 11.8. The molecule has 1 aromatic rings. The molecule has 7 heteroatoms. The number of Topliss-reactive ketones (excluding diaryl/α,β-unsaturated/α-hetero) is 1. The minimum Gasteiger partial charge on any atom is -0.391 e. The van der Waals surface area contributed by atoms with Gasteiger partial charge in [-0.05, 0) is 68.9 Å². The second-order valence-electron chi connectivity index (χ2n) is 12.7. The van der Waals surface area contributed by atoms with Gasteiger partial charge in [-0.3, -0.25) is 14.4 Å². The number of benzene rings is 1. The molecule has 4 aliphatic rings. The minimum absolute atomic E-state index is 0.0171. The molecule has 6 nitrogen and oxygen atoms in total. The van der Waals surface area contributed by atoms with E-state index in [-0.39, 0.29) is 35.7 Å². The highest BCUT2D eigenvalue weighted by molar-refractivity contribution is 6.26. The Kier molecular flexibility index (Phi) is 7.52. The van der Waals surface area contributed by atoms with E-state index in [0.29, 0.717) is 25.9 Å². The van der Waals surface area contributed by atoms with Gasteiger partial charge in [0.05, 0.1) is 11.0 Å². The van der Waals surface area contributed by atoms with E-state index in [1.165, 1.54) is 12.5 Å². The number of carbonyl (C=O) groups is 2. The molecule has 39 heavy (non-hydrogen) atoms. The summed E-state index contributed by atoms with van der Waals surface area (Å²) in [6.07, 6.45) is 6.69. The first-order valence-electron chi connectivity index (χ1n) is 14.3. The molecule has 2 N–H and O–H groups in total. The molecule has 3 saturated carbocycles. The van der Waals surface area contributed by atoms with Crippen molar-refractivity contribution in [2.24, 2.45) is 28.6 Å². The Bertz CT molecular complexity index is 1170. The molecule has 212 valence electrons. The van der Waals surface area contributed by atoms with Crippen molar-refractivity contribution >= 4 is 23.2 Å². The summed E-state index contributed by atoms with van der Waals surface area (Å²) in [5, 5.41) is 24.0. The van der Waals surface area contributed by atoms with Crippen LogP contribution in [0.1, 0.15) is 58.4 Å². The van der Waals surface area contributed by atoms with E-state index in [2.05, 4.69) is 25.6 Å². The highest BCUT2D eigenvalue weighted by Gasteiger charge is 2.77. The number of halogens is 1. The summed E-state index contributed by atoms with van der Waals surface area (Å²) >= 11 is 7.55. The van der Waals surface area contributed by atoms with E-state index in [4.69, 9.17) is 16.4 Å². The number of hydrogen-bond donors (Lipinski definition) is 2. The van der Waals surface area contributed by atoms with E-state index in [9.17, 15) is 19.8 Å². The van der Waals surface area contributed by atoms with E-state index in [1.54, 1.807) is 12.2 Å². The number of ketones is 2. The lowest BCUT2D eigenvalue weighted by molar-refractivity contribution is -0.249. The number of carbonyl (C=O) groups excluding carboxylic acids is 2. The first-order valence-corrected chi connectivity index (χ1v) is 14.7. The second-order valence-corrected chi connectivity index (χ2v) is 13.3. The van der Waals surface area contributed by atoms with Gasteiger partial charge in [0.2, 0.25) is 0 Å². The number of aliphatic hydroxyl groups excluding tert-OH is 2. The third-order valence-electron chi connectivity index (χ3n) is 10.9. The molecule has 1 aliphatic heterocycles. The predicted octanol–water partition coefficient (Wildman–Crippen LogP) is 4.67. The zero-order chi connectivity index (χ0) is 28.2. The number of hydroxylamine groups is 2. The summed E-state index contributed by atoms with van der Waals surface area (Å²) < 4.78 is 0. The van der Waals surface area contributed by atoms with E-state index in [0.717, 1.165) is 24.8 Å². The van der Waals surface area contributed by atoms with Crippen LogP contribution in [0.25, 0.3) is 0 Å². The predicted molar refractivity (Wildman–Crippen MR) is 151 cm³/mol. The molecule has 3 aliphatic carbocycles. The fraction of sp³-hybridized carbons (Fsp3) is 0.625. The van der Waals surface area contributed by atoms with Gasteiger partial charge in [-0.1, -0.05) is 55.8 Å². The van der Waals surface area contributed by atoms with Crippen molar-refractivity contribution in [1.82, 2.24) is 5.06 Å². The summed E-state index contributed by atoms with van der Waals surface area (Å²) in [5.74, 6) is -0.542. The number of rotatable bonds is 8. The summed E-state index contributed by atoms with van der Waals surface area (Å²) in [5.41, 5.74) is -0.505. The number of nitrogens with zero attached hydrogens (tertiary/aromatic N) is 1. The maximum atomic E-state index is 13.6. The molecule has 8 atom stereocenters. The summed E-state index contributed by atoms with van der Waals surface area (Å²) in [7, 11) is 0. The molecule has 0 spiro atoms. The molecule has 5 rings (SSSR count). The SMILES string of the molecule is C=C[C@@]1(C)/C(=C\C(C)=O)CC[C@H]2[C@@H]3C[C@H]4CN(CCCc5ccccc5)O[C@@]4(C(=O)CO)[C@@]3(C)C[C@H](O)[C@@]21Cl. The van der Waals surface area contributed by atoms with Crippen LogP contribution in [-0.2, 0) is 20.8 Å². The van der Waals surface area contributed by atoms with Gasteiger partial charge in [0, 0.05) is 29.8 Å². The van der Waals surface area contributed by atoms with E-state index in [1.807, 2.05) is 30.2 Å². The number of fused-ring (bicyclic) bond motifs is 5. The Morgan fingerprint density at radius 2 is 1.95 bits per heavy atom. The van der Waals surface area contributed by atoms with Crippen molar-refractivity contribution in [3.8, 4) is 0 Å². The molecule has 0 radical (unpaired) electrons. The zero-order valence-corrected chi connectivity index (χ0v) is 24.1. The fourth-order valence-corrected chi connectivity index (χ4v) is 9.55. The second kappa shape index (κ2) is 10.2. The van der Waals surface area contributed by atoms with Gasteiger partial charge in [0.25, 0.3) is 0 Å². The quantitative estimate of drug-likeness (QED) is 0.275. The number of aryl methyl sites for hydroxylation is 1. The average molecular weight is 556 g/mol. The highest BCUT2D eigenvalue weighted by atomic mass is 35.5. The largest absolute Gasteiger partial charge is 0.391 e. The number of allylic oxidation sites excluding steroid dienone is 3. The van der Waals surface area contributed by atoms with Gasteiger partial charge < -0.3 is 10.2 Å². The Hall–Kier alpha value is -1.83. The standard InChI is InChI=1S/C32H42ClNO5/c1-5-29(3)23(16-21(2)36)13-14-25-26-17-24-19-34(15-9-12-22-10-7-6-8-11-22)39-32(24,28(38)20-35)30(26,4)18-27(37)31(25,29)33/h5-8,10-11,16,24-27,35,37H,1,9,12-15,17-20H2,2-4H3/b23-16-/t24-,25-,26-,27-,29-,30-,31-,32-/m0/s1. The van der Waals surface area contributed by atoms with Gasteiger partial charge in [-0.2, -0.15) is 5.06 Å². The van der Waals surface area contributed by atoms with Crippen LogP contribution in [0.2, 0.25) is 0 Å². The van der Waals surface area contributed by atoms with Crippen molar-refractivity contribution in [2.45, 2.75) is 75.9 Å². The van der Waals surface area contributed by atoms with Crippen LogP contribution < -0.4 is 0 Å². The van der Waals surface area contributed by atoms with Gasteiger partial charge in [-0.25, -0.2) is 0 Å². The molecule has 1 saturated heterocycles. The lowest BCUT2D eigenvalue weighted by atomic mass is 9.46. The number of hydrogen-bond acceptors (Lipinski definition) is 6. The Morgan fingerprint density at radius 1 is 1.23 bits per heavy atom. The number of aliphatic hydroxyl groups is 2. The first kappa shape index (κ1) is 28.7. The van der Waals surface area contributed by atoms with Crippen molar-refractivity contribution in [2.75, 3.05) is 19.7 Å². The Labute approximate surface area is 237 Å². The van der Waals surface area contributed by atoms with Crippen molar-refractivity contribution in [3.63, 3.8) is 0 Å². The topological polar surface area (TPSA) is 87.1 Å². The lowest BCUT2D eigenvalue weighted by Crippen LogP contribution is -2.69. The smallest absolute Gasteiger partial charge is 0.192 e. The number of alkyl halides is 1. The molecule has 1 heterocycles. The van der Waals surface area contributed by atoms with Crippen molar-refractivity contribution < 1.29 is 24.6 Å². The van der Waals surface area contributed by atoms with Crippen LogP contribution in [0.5, 0.6) is 0 Å². The van der Waals surface area contributed by atoms with Crippen LogP contribution in [0.3, 0.4) is 0 Å². The Balaban J connectivity index is 1.45. The van der Waals surface area contributed by atoms with Crippen LogP contribution >= 0.6 is 11.6 Å². The molecule has 0 aromatic heterocycles. The van der Waals surface area contributed by atoms with E-state index < -0.39 is 34.0 Å². The fourth-order valence-electron chi connectivity index (χ4n) is 9.01. The molecule has 0 unspecified atom stereocenters. The van der Waals surface area contributed by atoms with Crippen LogP contribution in [-0.4, -0.2) is 63.1 Å². The summed E-state index contributed by atoms with van der Waals surface area (Å²) in [4.78, 5) is 31.3. The van der Waals surface area contributed by atoms with E-state index >= 15 is 0 Å². The van der Waals surface area contributed by atoms with Crippen LogP contribution in [0.15, 0.2) is 54.6 Å².